The van der Waals surface area contributed by atoms with Gasteiger partial charge in [0, 0.05) is 23.6 Å². The van der Waals surface area contributed by atoms with Gasteiger partial charge in [-0.05, 0) is 47.0 Å². The van der Waals surface area contributed by atoms with E-state index < -0.39 is 10.0 Å². The van der Waals surface area contributed by atoms with Crippen LogP contribution in [-0.2, 0) is 10.0 Å². The summed E-state index contributed by atoms with van der Waals surface area (Å²) in [6.07, 6.45) is 2.73. The lowest BCUT2D eigenvalue weighted by Crippen LogP contribution is -2.47. The summed E-state index contributed by atoms with van der Waals surface area (Å²) in [6, 6.07) is 4.77. The van der Waals surface area contributed by atoms with Crippen LogP contribution in [0, 0.1) is 0 Å². The Labute approximate surface area is 140 Å². The van der Waals surface area contributed by atoms with Crippen molar-refractivity contribution < 1.29 is 13.2 Å². The first-order valence-corrected chi connectivity index (χ1v) is 8.79. The van der Waals surface area contributed by atoms with Gasteiger partial charge in [0.05, 0.1) is 12.0 Å². The normalized spacial score (nSPS) is 19.9. The summed E-state index contributed by atoms with van der Waals surface area (Å²) in [5.41, 5.74) is 5.71. The molecule has 0 bridgehead atoms. The van der Waals surface area contributed by atoms with Crippen LogP contribution in [0.2, 0.25) is 0 Å². The smallest absolute Gasteiger partial charge is 0.244 e. The van der Waals surface area contributed by atoms with E-state index in [1.54, 1.807) is 25.3 Å². The summed E-state index contributed by atoms with van der Waals surface area (Å²) in [6.45, 7) is 0.885. The zero-order valence-electron chi connectivity index (χ0n) is 11.8. The SMILES string of the molecule is COc1ccc(S(=O)(=O)N2CCCCC2CN)c(Br)c1.Cl. The highest BCUT2D eigenvalue weighted by Gasteiger charge is 2.33. The molecule has 0 radical (unpaired) electrons. The molecule has 120 valence electrons. The Morgan fingerprint density at radius 2 is 2.14 bits per heavy atom. The molecular weight excluding hydrogens is 380 g/mol. The number of nitrogens with two attached hydrogens (primary N) is 1. The third-order valence-electron chi connectivity index (χ3n) is 3.57. The number of ether oxygens (including phenoxy) is 1. The van der Waals surface area contributed by atoms with Crippen molar-refractivity contribution in [1.82, 2.24) is 4.31 Å². The van der Waals surface area contributed by atoms with Crippen LogP contribution >= 0.6 is 28.3 Å². The molecule has 8 heteroatoms. The molecule has 0 saturated carbocycles. The minimum absolute atomic E-state index is 0. The van der Waals surface area contributed by atoms with Crippen LogP contribution < -0.4 is 10.5 Å². The fraction of sp³-hybridized carbons (Fsp3) is 0.538. The number of hydrogen-bond donors (Lipinski definition) is 1. The monoisotopic (exact) mass is 398 g/mol. The Balaban J connectivity index is 0.00000220. The van der Waals surface area contributed by atoms with E-state index in [9.17, 15) is 8.42 Å². The van der Waals surface area contributed by atoms with Gasteiger partial charge in [0.2, 0.25) is 10.0 Å². The van der Waals surface area contributed by atoms with Crippen molar-refractivity contribution in [1.29, 1.82) is 0 Å². The van der Waals surface area contributed by atoms with Gasteiger partial charge in [0.15, 0.2) is 0 Å². The summed E-state index contributed by atoms with van der Waals surface area (Å²) in [5.74, 6) is 0.616. The maximum Gasteiger partial charge on any atom is 0.244 e. The predicted octanol–water partition coefficient (Wildman–Crippen LogP) is 2.38. The van der Waals surface area contributed by atoms with Gasteiger partial charge < -0.3 is 10.5 Å². The Hall–Kier alpha value is -0.340. The zero-order valence-corrected chi connectivity index (χ0v) is 15.0. The highest BCUT2D eigenvalue weighted by atomic mass is 79.9. The minimum atomic E-state index is -3.53. The van der Waals surface area contributed by atoms with E-state index in [0.29, 0.717) is 23.3 Å². The number of methoxy groups -OCH3 is 1. The lowest BCUT2D eigenvalue weighted by Gasteiger charge is -2.34. The fourth-order valence-electron chi connectivity index (χ4n) is 2.47. The van der Waals surface area contributed by atoms with Gasteiger partial charge in [-0.3, -0.25) is 0 Å². The molecule has 0 aliphatic carbocycles. The molecule has 1 aliphatic rings. The van der Waals surface area contributed by atoms with Crippen LogP contribution in [0.5, 0.6) is 5.75 Å². The molecule has 1 unspecified atom stereocenters. The van der Waals surface area contributed by atoms with Gasteiger partial charge in [-0.1, -0.05) is 6.42 Å². The molecule has 21 heavy (non-hydrogen) atoms. The fourth-order valence-corrected chi connectivity index (χ4v) is 5.19. The highest BCUT2D eigenvalue weighted by molar-refractivity contribution is 9.10. The van der Waals surface area contributed by atoms with E-state index in [1.165, 1.54) is 4.31 Å². The maximum absolute atomic E-state index is 12.8. The molecule has 0 amide bonds. The molecule has 2 rings (SSSR count). The number of halogens is 2. The third kappa shape index (κ3) is 3.90. The van der Waals surface area contributed by atoms with Crippen LogP contribution in [0.1, 0.15) is 19.3 Å². The summed E-state index contributed by atoms with van der Waals surface area (Å²) in [7, 11) is -1.98. The quantitative estimate of drug-likeness (QED) is 0.843. The largest absolute Gasteiger partial charge is 0.497 e. The number of hydrogen-bond acceptors (Lipinski definition) is 4. The first kappa shape index (κ1) is 18.7. The van der Waals surface area contributed by atoms with Crippen molar-refractivity contribution in [2.24, 2.45) is 5.73 Å². The Bertz CT molecular complexity index is 583. The molecule has 0 spiro atoms. The van der Waals surface area contributed by atoms with Gasteiger partial charge >= 0.3 is 0 Å². The second kappa shape index (κ2) is 7.78. The first-order chi connectivity index (χ1) is 9.50. The van der Waals surface area contributed by atoms with Crippen molar-refractivity contribution >= 4 is 38.4 Å². The van der Waals surface area contributed by atoms with Crippen LogP contribution in [0.25, 0.3) is 0 Å². The maximum atomic E-state index is 12.8. The van der Waals surface area contributed by atoms with Crippen LogP contribution in [-0.4, -0.2) is 39.0 Å². The van der Waals surface area contributed by atoms with Crippen molar-refractivity contribution in [2.45, 2.75) is 30.2 Å². The van der Waals surface area contributed by atoms with Gasteiger partial charge in [0.25, 0.3) is 0 Å². The number of piperidine rings is 1. The van der Waals surface area contributed by atoms with Gasteiger partial charge in [0.1, 0.15) is 5.75 Å². The van der Waals surface area contributed by atoms with E-state index in [2.05, 4.69) is 15.9 Å². The minimum Gasteiger partial charge on any atom is -0.497 e. The standard InChI is InChI=1S/C13H19BrN2O3S.ClH/c1-19-11-5-6-13(12(14)8-11)20(17,18)16-7-3-2-4-10(16)9-15;/h5-6,8,10H,2-4,7,9,15H2,1H3;1H. The summed E-state index contributed by atoms with van der Waals surface area (Å²) >= 11 is 3.32. The Morgan fingerprint density at radius 3 is 2.71 bits per heavy atom. The van der Waals surface area contributed by atoms with Gasteiger partial charge in [-0.25, -0.2) is 8.42 Å². The van der Waals surface area contributed by atoms with Crippen molar-refractivity contribution in [2.75, 3.05) is 20.2 Å². The van der Waals surface area contributed by atoms with Gasteiger partial charge in [-0.2, -0.15) is 4.31 Å². The van der Waals surface area contributed by atoms with Crippen molar-refractivity contribution in [3.63, 3.8) is 0 Å². The molecule has 1 aromatic rings. The van der Waals surface area contributed by atoms with Crippen LogP contribution in [0.3, 0.4) is 0 Å². The first-order valence-electron chi connectivity index (χ1n) is 6.56. The average molecular weight is 400 g/mol. The van der Waals surface area contributed by atoms with Crippen molar-refractivity contribution in [3.05, 3.63) is 22.7 Å². The Kier molecular flexibility index (Phi) is 6.93. The zero-order chi connectivity index (χ0) is 14.8. The molecule has 1 aliphatic heterocycles. The van der Waals surface area contributed by atoms with E-state index in [1.807, 2.05) is 0 Å². The molecule has 1 heterocycles. The summed E-state index contributed by atoms with van der Waals surface area (Å²) < 4.78 is 32.7. The van der Waals surface area contributed by atoms with E-state index in [0.717, 1.165) is 19.3 Å². The van der Waals surface area contributed by atoms with E-state index in [-0.39, 0.29) is 23.3 Å². The van der Waals surface area contributed by atoms with Crippen LogP contribution in [0.4, 0.5) is 0 Å². The molecule has 1 aromatic carbocycles. The summed E-state index contributed by atoms with van der Waals surface area (Å²) in [4.78, 5) is 0.263. The third-order valence-corrected chi connectivity index (χ3v) is 6.50. The predicted molar refractivity (Wildman–Crippen MR) is 88.5 cm³/mol. The number of nitrogens with zero attached hydrogens (tertiary/aromatic N) is 1. The second-order valence-corrected chi connectivity index (χ2v) is 7.51. The molecule has 1 atom stereocenters. The molecule has 1 fully saturated rings. The topological polar surface area (TPSA) is 72.6 Å². The van der Waals surface area contributed by atoms with Crippen LogP contribution in [0.15, 0.2) is 27.6 Å². The second-order valence-electron chi connectivity index (χ2n) is 4.80. The van der Waals surface area contributed by atoms with Crippen molar-refractivity contribution in [3.8, 4) is 5.75 Å². The number of rotatable bonds is 4. The highest BCUT2D eigenvalue weighted by Crippen LogP contribution is 2.31. The number of sulfonamides is 1. The molecule has 2 N–H and O–H groups in total. The summed E-state index contributed by atoms with van der Waals surface area (Å²) in [5, 5.41) is 0. The lowest BCUT2D eigenvalue weighted by molar-refractivity contribution is 0.257. The lowest BCUT2D eigenvalue weighted by atomic mass is 10.1. The van der Waals surface area contributed by atoms with Gasteiger partial charge in [-0.15, -0.1) is 12.4 Å². The molecular formula is C13H20BrClN2O3S. The average Bonchev–Trinajstić information content (AvgIpc) is 2.46. The van der Waals surface area contributed by atoms with E-state index >= 15 is 0 Å². The molecule has 1 saturated heterocycles. The van der Waals surface area contributed by atoms with E-state index in [4.69, 9.17) is 10.5 Å². The Morgan fingerprint density at radius 1 is 1.43 bits per heavy atom. The number of benzene rings is 1. The molecule has 0 aromatic heterocycles. The molecule has 5 nitrogen and oxygen atoms in total.